The van der Waals surface area contributed by atoms with Crippen LogP contribution in [0.2, 0.25) is 0 Å². The molecular formula is C17H32N8O7. The lowest BCUT2D eigenvalue weighted by molar-refractivity contribution is -0.138. The summed E-state index contributed by atoms with van der Waals surface area (Å²) in [4.78, 5) is 62.7. The molecule has 0 saturated heterocycles. The molecule has 0 aliphatic heterocycles. The molecule has 0 saturated carbocycles. The average Bonchev–Trinajstić information content (AvgIpc) is 2.69. The second-order valence-electron chi connectivity index (χ2n) is 6.95. The lowest BCUT2D eigenvalue weighted by Crippen LogP contribution is -2.57. The largest absolute Gasteiger partial charge is 0.480 e. The Morgan fingerprint density at radius 3 is 2.00 bits per heavy atom. The van der Waals surface area contributed by atoms with Gasteiger partial charge in [0.15, 0.2) is 5.96 Å². The molecule has 15 heteroatoms. The van der Waals surface area contributed by atoms with E-state index >= 15 is 0 Å². The predicted octanol–water partition coefficient (Wildman–Crippen LogP) is -4.82. The molecule has 0 radical (unpaired) electrons. The number of guanidine groups is 1. The molecule has 182 valence electrons. The topological polar surface area (TPSA) is 278 Å². The first-order chi connectivity index (χ1) is 14.8. The number of hydrogen-bond acceptors (Lipinski definition) is 8. The maximum Gasteiger partial charge on any atom is 0.322 e. The Morgan fingerprint density at radius 2 is 1.50 bits per heavy atom. The maximum absolute atomic E-state index is 12.8. The molecule has 0 aliphatic rings. The number of aliphatic hydroxyl groups excluding tert-OH is 1. The van der Waals surface area contributed by atoms with E-state index < -0.39 is 60.4 Å². The number of aliphatic carboxylic acids is 1. The van der Waals surface area contributed by atoms with Crippen LogP contribution in [0.25, 0.3) is 0 Å². The highest BCUT2D eigenvalue weighted by Crippen LogP contribution is 2.04. The summed E-state index contributed by atoms with van der Waals surface area (Å²) in [6.07, 6.45) is -1.35. The Labute approximate surface area is 184 Å². The molecule has 0 heterocycles. The smallest absolute Gasteiger partial charge is 0.322 e. The van der Waals surface area contributed by atoms with E-state index in [0.717, 1.165) is 0 Å². The molecule has 0 fully saturated rings. The minimum atomic E-state index is -1.31. The molecule has 0 spiro atoms. The number of nitrogens with zero attached hydrogens (tertiary/aromatic N) is 1. The number of carboxylic acid groups (broad SMARTS) is 1. The van der Waals surface area contributed by atoms with E-state index in [1.165, 1.54) is 6.92 Å². The van der Waals surface area contributed by atoms with E-state index in [9.17, 15) is 29.1 Å². The number of nitrogens with two attached hydrogens (primary N) is 4. The van der Waals surface area contributed by atoms with E-state index in [1.54, 1.807) is 0 Å². The molecule has 13 N–H and O–H groups in total. The van der Waals surface area contributed by atoms with Crippen molar-refractivity contribution in [3.63, 3.8) is 0 Å². The Hall–Kier alpha value is -3.46. The summed E-state index contributed by atoms with van der Waals surface area (Å²) in [5.41, 5.74) is 21.1. The number of carboxylic acids is 1. The van der Waals surface area contributed by atoms with Crippen LogP contribution in [-0.2, 0) is 24.0 Å². The van der Waals surface area contributed by atoms with Crippen molar-refractivity contribution in [1.29, 1.82) is 0 Å². The van der Waals surface area contributed by atoms with Gasteiger partial charge in [0.25, 0.3) is 0 Å². The number of hydrogen-bond donors (Lipinski definition) is 9. The van der Waals surface area contributed by atoms with Gasteiger partial charge in [0.2, 0.25) is 23.6 Å². The van der Waals surface area contributed by atoms with Gasteiger partial charge in [-0.05, 0) is 26.2 Å². The summed E-state index contributed by atoms with van der Waals surface area (Å²) < 4.78 is 0. The van der Waals surface area contributed by atoms with Gasteiger partial charge in [-0.2, -0.15) is 0 Å². The van der Waals surface area contributed by atoms with Crippen LogP contribution < -0.4 is 38.9 Å². The zero-order chi connectivity index (χ0) is 24.8. The molecule has 0 aliphatic carbocycles. The quantitative estimate of drug-likeness (QED) is 0.0638. The summed E-state index contributed by atoms with van der Waals surface area (Å²) in [5, 5.41) is 25.0. The minimum absolute atomic E-state index is 0.0418. The highest BCUT2D eigenvalue weighted by atomic mass is 16.4. The summed E-state index contributed by atoms with van der Waals surface area (Å²) in [6.45, 7) is 0.739. The van der Waals surface area contributed by atoms with Gasteiger partial charge in [-0.15, -0.1) is 0 Å². The summed E-state index contributed by atoms with van der Waals surface area (Å²) in [5.74, 6) is -4.68. The van der Waals surface area contributed by atoms with Gasteiger partial charge in [0.1, 0.15) is 24.7 Å². The Balaban J connectivity index is 5.40. The Kier molecular flexibility index (Phi) is 13.0. The van der Waals surface area contributed by atoms with Gasteiger partial charge in [-0.1, -0.05) is 0 Å². The summed E-state index contributed by atoms with van der Waals surface area (Å²) in [7, 11) is 0. The Bertz CT molecular complexity index is 709. The molecule has 4 atom stereocenters. The molecule has 0 aromatic heterocycles. The maximum atomic E-state index is 12.8. The highest BCUT2D eigenvalue weighted by molar-refractivity contribution is 5.94. The molecule has 4 amide bonds. The second-order valence-corrected chi connectivity index (χ2v) is 6.95. The standard InChI is InChI=1S/C17H32N8O7/c1-8(26)13(19)16(32)25-9(3-2-6-22-17(20)21)15(31)24-10(4-5-11(18)27)14(30)23-7-12(28)29/h8-10,13,26H,2-7,19H2,1H3,(H2,18,27)(H,23,30)(H,24,31)(H,25,32)(H,28,29)(H4,20,21,22). The van der Waals surface area contributed by atoms with Gasteiger partial charge in [-0.25, -0.2) is 0 Å². The van der Waals surface area contributed by atoms with Crippen molar-refractivity contribution in [1.82, 2.24) is 16.0 Å². The summed E-state index contributed by atoms with van der Waals surface area (Å²) in [6, 6.07) is -3.80. The fourth-order valence-corrected chi connectivity index (χ4v) is 2.37. The lowest BCUT2D eigenvalue weighted by atomic mass is 10.1. The molecule has 0 aromatic rings. The number of primary amides is 1. The van der Waals surface area contributed by atoms with E-state index in [4.69, 9.17) is 28.0 Å². The molecule has 0 aromatic carbocycles. The number of rotatable bonds is 15. The highest BCUT2D eigenvalue weighted by Gasteiger charge is 2.29. The van der Waals surface area contributed by atoms with Crippen LogP contribution in [0.4, 0.5) is 0 Å². The SMILES string of the molecule is CC(O)C(N)C(=O)NC(CCCN=C(N)N)C(=O)NC(CCC(N)=O)C(=O)NCC(=O)O. The third kappa shape index (κ3) is 12.3. The average molecular weight is 460 g/mol. The van der Waals surface area contributed by atoms with Crippen molar-refractivity contribution in [2.45, 2.75) is 56.8 Å². The monoisotopic (exact) mass is 460 g/mol. The molecule has 0 rings (SSSR count). The first-order valence-corrected chi connectivity index (χ1v) is 9.72. The van der Waals surface area contributed by atoms with Gasteiger partial charge in [0, 0.05) is 13.0 Å². The molecular weight excluding hydrogens is 428 g/mol. The van der Waals surface area contributed by atoms with Crippen molar-refractivity contribution in [3.8, 4) is 0 Å². The third-order valence-corrected chi connectivity index (χ3v) is 4.13. The van der Waals surface area contributed by atoms with Crippen molar-refractivity contribution in [2.75, 3.05) is 13.1 Å². The van der Waals surface area contributed by atoms with Crippen molar-refractivity contribution < 1.29 is 34.2 Å². The van der Waals surface area contributed by atoms with Crippen molar-refractivity contribution >= 4 is 35.6 Å². The van der Waals surface area contributed by atoms with Crippen LogP contribution >= 0.6 is 0 Å². The van der Waals surface area contributed by atoms with Crippen LogP contribution in [0.15, 0.2) is 4.99 Å². The fraction of sp³-hybridized carbons (Fsp3) is 0.647. The first-order valence-electron chi connectivity index (χ1n) is 9.72. The first kappa shape index (κ1) is 28.5. The van der Waals surface area contributed by atoms with Crippen LogP contribution in [0, 0.1) is 0 Å². The molecule has 32 heavy (non-hydrogen) atoms. The lowest BCUT2D eigenvalue weighted by Gasteiger charge is -2.24. The van der Waals surface area contributed by atoms with Crippen molar-refractivity contribution in [3.05, 3.63) is 0 Å². The Morgan fingerprint density at radius 1 is 0.938 bits per heavy atom. The van der Waals surface area contributed by atoms with Crippen LogP contribution in [-0.4, -0.2) is 83.1 Å². The van der Waals surface area contributed by atoms with Gasteiger partial charge >= 0.3 is 5.97 Å². The second kappa shape index (κ2) is 14.5. The van der Waals surface area contributed by atoms with E-state index in [2.05, 4.69) is 20.9 Å². The van der Waals surface area contributed by atoms with Crippen LogP contribution in [0.5, 0.6) is 0 Å². The number of carbonyl (C=O) groups is 5. The molecule has 15 nitrogen and oxygen atoms in total. The summed E-state index contributed by atoms with van der Waals surface area (Å²) >= 11 is 0. The van der Waals surface area contributed by atoms with Gasteiger partial charge < -0.3 is 49.1 Å². The van der Waals surface area contributed by atoms with Gasteiger partial charge in [0.05, 0.1) is 6.10 Å². The fourth-order valence-electron chi connectivity index (χ4n) is 2.37. The molecule has 4 unspecified atom stereocenters. The zero-order valence-electron chi connectivity index (χ0n) is 17.7. The zero-order valence-corrected chi connectivity index (χ0v) is 17.7. The van der Waals surface area contributed by atoms with Crippen molar-refractivity contribution in [2.24, 2.45) is 27.9 Å². The number of amides is 4. The minimum Gasteiger partial charge on any atom is -0.480 e. The predicted molar refractivity (Wildman–Crippen MR) is 113 cm³/mol. The van der Waals surface area contributed by atoms with E-state index in [-0.39, 0.29) is 38.2 Å². The third-order valence-electron chi connectivity index (χ3n) is 4.13. The van der Waals surface area contributed by atoms with Crippen LogP contribution in [0.3, 0.4) is 0 Å². The normalized spacial score (nSPS) is 14.2. The van der Waals surface area contributed by atoms with Gasteiger partial charge in [-0.3, -0.25) is 29.0 Å². The van der Waals surface area contributed by atoms with Crippen LogP contribution in [0.1, 0.15) is 32.6 Å². The van der Waals surface area contributed by atoms with E-state index in [1.807, 2.05) is 0 Å². The number of aliphatic imine (C=N–C) groups is 1. The number of nitrogens with one attached hydrogen (secondary N) is 3. The number of aliphatic hydroxyl groups is 1. The number of carbonyl (C=O) groups excluding carboxylic acids is 4. The van der Waals surface area contributed by atoms with E-state index in [0.29, 0.717) is 0 Å². The molecule has 0 bridgehead atoms.